The number of carbonyl (C=O) groups is 1. The molecule has 0 fully saturated rings. The highest BCUT2D eigenvalue weighted by Gasteiger charge is 2.11. The van der Waals surface area contributed by atoms with E-state index in [9.17, 15) is 4.79 Å². The van der Waals surface area contributed by atoms with E-state index in [0.29, 0.717) is 18.0 Å². The number of thiazole rings is 1. The van der Waals surface area contributed by atoms with Crippen LogP contribution >= 0.6 is 23.1 Å². The van der Waals surface area contributed by atoms with Gasteiger partial charge in [-0.15, -0.1) is 23.1 Å². The van der Waals surface area contributed by atoms with Crippen LogP contribution in [0.1, 0.15) is 20.9 Å². The molecule has 140 valence electrons. The Morgan fingerprint density at radius 3 is 2.54 bits per heavy atom. The number of thioether (sulfide) groups is 1. The Balaban J connectivity index is 1.77. The molecule has 2 aromatic rings. The number of rotatable bonds is 7. The molecule has 8 heteroatoms. The number of nitrogens with one attached hydrogen (secondary N) is 2. The van der Waals surface area contributed by atoms with Gasteiger partial charge in [0.1, 0.15) is 4.88 Å². The third-order valence-corrected chi connectivity index (χ3v) is 5.47. The molecule has 1 aromatic carbocycles. The number of aromatic nitrogens is 1. The van der Waals surface area contributed by atoms with E-state index in [2.05, 4.69) is 56.0 Å². The number of aliphatic imine (C=N–C) groups is 1. The van der Waals surface area contributed by atoms with E-state index in [4.69, 9.17) is 0 Å². The zero-order valence-corrected chi connectivity index (χ0v) is 17.2. The Kier molecular flexibility index (Phi) is 7.93. The average molecular weight is 392 g/mol. The highest BCUT2D eigenvalue weighted by molar-refractivity contribution is 7.98. The molecule has 0 atom stereocenters. The third-order valence-electron chi connectivity index (χ3n) is 3.80. The number of hydrogen-bond donors (Lipinski definition) is 2. The number of guanidine groups is 1. The van der Waals surface area contributed by atoms with Crippen molar-refractivity contribution in [3.63, 3.8) is 0 Å². The summed E-state index contributed by atoms with van der Waals surface area (Å²) in [6.07, 6.45) is 2.07. The van der Waals surface area contributed by atoms with Crippen molar-refractivity contribution in [2.75, 3.05) is 33.4 Å². The fourth-order valence-corrected chi connectivity index (χ4v) is 3.54. The van der Waals surface area contributed by atoms with E-state index in [0.717, 1.165) is 18.2 Å². The summed E-state index contributed by atoms with van der Waals surface area (Å²) in [4.78, 5) is 24.4. The second kappa shape index (κ2) is 10.2. The second-order valence-electron chi connectivity index (χ2n) is 5.70. The van der Waals surface area contributed by atoms with Gasteiger partial charge >= 0.3 is 0 Å². The number of amides is 1. The largest absolute Gasteiger partial charge is 0.354 e. The standard InChI is InChI=1S/C18H25N5OS2/c1-13-16(26-12-22-13)17(24)20-9-10-21-18(19-2)23(3)11-14-5-7-15(25-4)8-6-14/h5-8,12H,9-11H2,1-4H3,(H,19,21)(H,20,24). The topological polar surface area (TPSA) is 69.6 Å². The van der Waals surface area contributed by atoms with Crippen LogP contribution in [-0.4, -0.2) is 55.2 Å². The first-order chi connectivity index (χ1) is 12.5. The molecule has 0 aliphatic heterocycles. The summed E-state index contributed by atoms with van der Waals surface area (Å²) in [6.45, 7) is 3.73. The van der Waals surface area contributed by atoms with E-state index in [1.807, 2.05) is 14.0 Å². The van der Waals surface area contributed by atoms with E-state index < -0.39 is 0 Å². The van der Waals surface area contributed by atoms with Crippen LogP contribution in [0, 0.1) is 6.92 Å². The summed E-state index contributed by atoms with van der Waals surface area (Å²) in [7, 11) is 3.76. The van der Waals surface area contributed by atoms with Gasteiger partial charge < -0.3 is 15.5 Å². The molecule has 6 nitrogen and oxygen atoms in total. The molecular weight excluding hydrogens is 366 g/mol. The number of carbonyl (C=O) groups excluding carboxylic acids is 1. The number of nitrogens with zero attached hydrogens (tertiary/aromatic N) is 3. The minimum atomic E-state index is -0.0796. The Morgan fingerprint density at radius 2 is 1.96 bits per heavy atom. The first-order valence-corrected chi connectivity index (χ1v) is 10.4. The molecule has 26 heavy (non-hydrogen) atoms. The number of aryl methyl sites for hydroxylation is 1. The molecule has 0 radical (unpaired) electrons. The van der Waals surface area contributed by atoms with Gasteiger partial charge in [-0.1, -0.05) is 12.1 Å². The number of hydrogen-bond acceptors (Lipinski definition) is 5. The summed E-state index contributed by atoms with van der Waals surface area (Å²) < 4.78 is 0. The molecule has 1 heterocycles. The van der Waals surface area contributed by atoms with Gasteiger partial charge in [0, 0.05) is 38.6 Å². The lowest BCUT2D eigenvalue weighted by atomic mass is 10.2. The Morgan fingerprint density at radius 1 is 1.27 bits per heavy atom. The molecule has 0 bridgehead atoms. The maximum absolute atomic E-state index is 12.1. The molecule has 0 aliphatic carbocycles. The van der Waals surface area contributed by atoms with Crippen LogP contribution in [0.15, 0.2) is 39.7 Å². The van der Waals surface area contributed by atoms with E-state index >= 15 is 0 Å². The summed E-state index contributed by atoms with van der Waals surface area (Å²) >= 11 is 3.09. The van der Waals surface area contributed by atoms with Crippen molar-refractivity contribution in [1.29, 1.82) is 0 Å². The SMILES string of the molecule is CN=C(NCCNC(=O)c1scnc1C)N(C)Cc1ccc(SC)cc1. The lowest BCUT2D eigenvalue weighted by Crippen LogP contribution is -2.42. The smallest absolute Gasteiger partial charge is 0.263 e. The first kappa shape index (κ1) is 20.3. The molecular formula is C18H25N5OS2. The van der Waals surface area contributed by atoms with Gasteiger partial charge in [0.25, 0.3) is 5.91 Å². The second-order valence-corrected chi connectivity index (χ2v) is 7.44. The Bertz CT molecular complexity index is 742. The predicted octanol–water partition coefficient (Wildman–Crippen LogP) is 2.61. The van der Waals surface area contributed by atoms with Gasteiger partial charge in [-0.3, -0.25) is 9.79 Å². The lowest BCUT2D eigenvalue weighted by Gasteiger charge is -2.22. The van der Waals surface area contributed by atoms with Gasteiger partial charge in [0.05, 0.1) is 11.2 Å². The maximum atomic E-state index is 12.1. The van der Waals surface area contributed by atoms with Gasteiger partial charge in [-0.2, -0.15) is 0 Å². The van der Waals surface area contributed by atoms with E-state index in [1.165, 1.54) is 21.8 Å². The van der Waals surface area contributed by atoms with Gasteiger partial charge in [-0.05, 0) is 30.9 Å². The normalized spacial score (nSPS) is 11.3. The van der Waals surface area contributed by atoms with Crippen molar-refractivity contribution >= 4 is 35.0 Å². The van der Waals surface area contributed by atoms with Gasteiger partial charge in [0.15, 0.2) is 5.96 Å². The van der Waals surface area contributed by atoms with Crippen molar-refractivity contribution in [2.45, 2.75) is 18.4 Å². The average Bonchev–Trinajstić information content (AvgIpc) is 3.08. The monoisotopic (exact) mass is 391 g/mol. The molecule has 1 amide bonds. The van der Waals surface area contributed by atoms with Crippen molar-refractivity contribution in [3.8, 4) is 0 Å². The summed E-state index contributed by atoms with van der Waals surface area (Å²) in [5.41, 5.74) is 3.68. The molecule has 0 saturated heterocycles. The number of benzene rings is 1. The van der Waals surface area contributed by atoms with Crippen molar-refractivity contribution < 1.29 is 4.79 Å². The summed E-state index contributed by atoms with van der Waals surface area (Å²) in [6, 6.07) is 8.52. The Labute approximate surface area is 163 Å². The van der Waals surface area contributed by atoms with Crippen molar-refractivity contribution in [2.24, 2.45) is 4.99 Å². The predicted molar refractivity (Wildman–Crippen MR) is 110 cm³/mol. The molecule has 0 spiro atoms. The van der Waals surface area contributed by atoms with E-state index in [-0.39, 0.29) is 5.91 Å². The van der Waals surface area contributed by atoms with Crippen LogP contribution in [0.5, 0.6) is 0 Å². The minimum Gasteiger partial charge on any atom is -0.354 e. The Hall–Kier alpha value is -2.06. The zero-order valence-electron chi connectivity index (χ0n) is 15.6. The lowest BCUT2D eigenvalue weighted by molar-refractivity contribution is 0.0957. The highest BCUT2D eigenvalue weighted by atomic mass is 32.2. The summed E-state index contributed by atoms with van der Waals surface area (Å²) in [5.74, 6) is 0.714. The molecule has 2 N–H and O–H groups in total. The maximum Gasteiger partial charge on any atom is 0.263 e. The van der Waals surface area contributed by atoms with Crippen LogP contribution in [0.25, 0.3) is 0 Å². The van der Waals surface area contributed by atoms with Crippen LogP contribution in [0.2, 0.25) is 0 Å². The molecule has 0 saturated carbocycles. The molecule has 2 rings (SSSR count). The van der Waals surface area contributed by atoms with Crippen LogP contribution < -0.4 is 10.6 Å². The fraction of sp³-hybridized carbons (Fsp3) is 0.389. The van der Waals surface area contributed by atoms with Crippen molar-refractivity contribution in [3.05, 3.63) is 45.9 Å². The van der Waals surface area contributed by atoms with E-state index in [1.54, 1.807) is 24.3 Å². The molecule has 0 aliphatic rings. The fourth-order valence-electron chi connectivity index (χ4n) is 2.41. The first-order valence-electron chi connectivity index (χ1n) is 8.28. The quantitative estimate of drug-likeness (QED) is 0.329. The summed E-state index contributed by atoms with van der Waals surface area (Å²) in [5, 5.41) is 6.17. The highest BCUT2D eigenvalue weighted by Crippen LogP contribution is 2.15. The third kappa shape index (κ3) is 5.74. The van der Waals surface area contributed by atoms with Crippen molar-refractivity contribution in [1.82, 2.24) is 20.5 Å². The van der Waals surface area contributed by atoms with Gasteiger partial charge in [-0.25, -0.2) is 4.98 Å². The minimum absolute atomic E-state index is 0.0796. The molecule has 1 aromatic heterocycles. The van der Waals surface area contributed by atoms with Crippen LogP contribution in [0.3, 0.4) is 0 Å². The zero-order chi connectivity index (χ0) is 18.9. The van der Waals surface area contributed by atoms with Crippen LogP contribution in [0.4, 0.5) is 0 Å². The van der Waals surface area contributed by atoms with Crippen LogP contribution in [-0.2, 0) is 6.54 Å². The molecule has 0 unspecified atom stereocenters. The van der Waals surface area contributed by atoms with Gasteiger partial charge in [0.2, 0.25) is 0 Å².